The van der Waals surface area contributed by atoms with Crippen LogP contribution in [0.1, 0.15) is 60.7 Å². The Hall–Kier alpha value is -3.47. The summed E-state index contributed by atoms with van der Waals surface area (Å²) >= 11 is 0. The fraction of sp³-hybridized carbons (Fsp3) is 0.269. The van der Waals surface area contributed by atoms with Gasteiger partial charge in [-0.15, -0.1) is 0 Å². The number of hydrogen-bond donors (Lipinski definition) is 0. The molecule has 0 radical (unpaired) electrons. The summed E-state index contributed by atoms with van der Waals surface area (Å²) in [4.78, 5) is 0. The van der Waals surface area contributed by atoms with E-state index in [1.165, 1.54) is 11.1 Å². The minimum atomic E-state index is -0.257. The summed E-state index contributed by atoms with van der Waals surface area (Å²) in [6.45, 7) is 4.69. The van der Waals surface area contributed by atoms with E-state index >= 15 is 0 Å². The molecule has 0 saturated heterocycles. The van der Waals surface area contributed by atoms with Gasteiger partial charge >= 0.3 is 0 Å². The van der Waals surface area contributed by atoms with Gasteiger partial charge in [-0.05, 0) is 35.7 Å². The van der Waals surface area contributed by atoms with E-state index in [4.69, 9.17) is 19.3 Å². The Morgan fingerprint density at radius 3 is 2.55 bits per heavy atom. The molecule has 6 rings (SSSR count). The fourth-order valence-electron chi connectivity index (χ4n) is 4.55. The third-order valence-electron chi connectivity index (χ3n) is 6.29. The number of benzene rings is 3. The molecule has 3 aromatic rings. The molecule has 3 aliphatic heterocycles. The number of hydrazone groups is 1. The largest absolute Gasteiger partial charge is 0.464 e. The number of nitrogens with zero attached hydrogens (tertiary/aromatic N) is 2. The Morgan fingerprint density at radius 1 is 0.903 bits per heavy atom. The van der Waals surface area contributed by atoms with Crippen LogP contribution in [0.3, 0.4) is 0 Å². The summed E-state index contributed by atoms with van der Waals surface area (Å²) in [7, 11) is 0. The lowest BCUT2D eigenvalue weighted by Gasteiger charge is -2.38. The molecule has 3 aliphatic rings. The monoisotopic (exact) mass is 412 g/mol. The van der Waals surface area contributed by atoms with E-state index in [9.17, 15) is 0 Å². The molecule has 0 spiro atoms. The summed E-state index contributed by atoms with van der Waals surface area (Å²) in [5, 5.41) is 7.17. The summed E-state index contributed by atoms with van der Waals surface area (Å²) in [5.74, 6) is 3.00. The zero-order chi connectivity index (χ0) is 20.9. The van der Waals surface area contributed by atoms with Gasteiger partial charge in [0.2, 0.25) is 13.0 Å². The van der Waals surface area contributed by atoms with Crippen molar-refractivity contribution in [3.05, 3.63) is 89.0 Å². The Labute approximate surface area is 181 Å². The van der Waals surface area contributed by atoms with E-state index in [1.54, 1.807) is 0 Å². The molecule has 0 bridgehead atoms. The van der Waals surface area contributed by atoms with E-state index in [-0.39, 0.29) is 19.1 Å². The molecular weight excluding hydrogens is 388 g/mol. The lowest BCUT2D eigenvalue weighted by atomic mass is 9.95. The van der Waals surface area contributed by atoms with Crippen LogP contribution in [0.15, 0.2) is 71.8 Å². The molecule has 0 amide bonds. The Morgan fingerprint density at radius 2 is 1.71 bits per heavy atom. The van der Waals surface area contributed by atoms with Crippen LogP contribution in [0, 0.1) is 0 Å². The van der Waals surface area contributed by atoms with Crippen LogP contribution in [-0.4, -0.2) is 17.5 Å². The van der Waals surface area contributed by atoms with Crippen LogP contribution in [0.4, 0.5) is 0 Å². The van der Waals surface area contributed by atoms with E-state index in [0.29, 0.717) is 5.92 Å². The van der Waals surface area contributed by atoms with Crippen molar-refractivity contribution in [2.24, 2.45) is 5.10 Å². The molecule has 0 saturated carbocycles. The summed E-state index contributed by atoms with van der Waals surface area (Å²) in [5.41, 5.74) is 5.71. The second-order valence-electron chi connectivity index (χ2n) is 8.54. The van der Waals surface area contributed by atoms with Crippen LogP contribution in [-0.2, 0) is 0 Å². The molecule has 0 aliphatic carbocycles. The first-order valence-electron chi connectivity index (χ1n) is 10.8. The highest BCUT2D eigenvalue weighted by molar-refractivity contribution is 6.02. The second kappa shape index (κ2) is 7.05. The standard InChI is InChI=1S/C26H24N2O3/c1-16(2)17-7-9-18(10-8-17)26-28-22(20-5-3-4-6-23(20)31-26)14-21(27-28)19-11-12-24-25(13-19)30-15-29-24/h3-13,16,22,26H,14-15H2,1-2H3/t22-,26-/m1/s1. The molecule has 5 heteroatoms. The number of fused-ring (bicyclic) bond motifs is 4. The van der Waals surface area contributed by atoms with E-state index in [0.717, 1.165) is 40.5 Å². The Kier molecular flexibility index (Phi) is 4.16. The van der Waals surface area contributed by atoms with Crippen molar-refractivity contribution in [3.63, 3.8) is 0 Å². The molecule has 5 nitrogen and oxygen atoms in total. The van der Waals surface area contributed by atoms with E-state index in [1.807, 2.05) is 18.2 Å². The third kappa shape index (κ3) is 3.03. The van der Waals surface area contributed by atoms with Gasteiger partial charge in [0.05, 0.1) is 11.8 Å². The zero-order valence-corrected chi connectivity index (χ0v) is 17.6. The quantitative estimate of drug-likeness (QED) is 0.547. The molecule has 2 atom stereocenters. The van der Waals surface area contributed by atoms with Crippen molar-refractivity contribution >= 4 is 5.71 Å². The summed E-state index contributed by atoms with van der Waals surface area (Å²) in [6, 6.07) is 23.2. The molecule has 3 heterocycles. The minimum absolute atomic E-state index is 0.139. The van der Waals surface area contributed by atoms with Crippen LogP contribution in [0.2, 0.25) is 0 Å². The molecular formula is C26H24N2O3. The molecule has 31 heavy (non-hydrogen) atoms. The predicted molar refractivity (Wildman–Crippen MR) is 119 cm³/mol. The maximum atomic E-state index is 6.46. The van der Waals surface area contributed by atoms with Gasteiger partial charge in [0.1, 0.15) is 5.75 Å². The minimum Gasteiger partial charge on any atom is -0.464 e. The maximum Gasteiger partial charge on any atom is 0.231 e. The van der Waals surface area contributed by atoms with Crippen molar-refractivity contribution in [3.8, 4) is 17.2 Å². The molecule has 0 unspecified atom stereocenters. The SMILES string of the molecule is CC(C)c1ccc([C@H]2Oc3ccccc3[C@H]3CC(c4ccc5c(c4)OCO5)=NN32)cc1. The van der Waals surface area contributed by atoms with Crippen LogP contribution in [0.5, 0.6) is 17.2 Å². The fourth-order valence-corrected chi connectivity index (χ4v) is 4.55. The Bertz CT molecular complexity index is 1170. The van der Waals surface area contributed by atoms with Gasteiger partial charge in [0, 0.05) is 23.1 Å². The van der Waals surface area contributed by atoms with Gasteiger partial charge in [-0.25, -0.2) is 5.01 Å². The van der Waals surface area contributed by atoms with E-state index < -0.39 is 0 Å². The highest BCUT2D eigenvalue weighted by Gasteiger charge is 2.41. The lowest BCUT2D eigenvalue weighted by Crippen LogP contribution is -2.33. The summed E-state index contributed by atoms with van der Waals surface area (Å²) < 4.78 is 17.5. The number of rotatable bonds is 3. The molecule has 156 valence electrons. The van der Waals surface area contributed by atoms with Crippen molar-refractivity contribution in [1.29, 1.82) is 0 Å². The highest BCUT2D eigenvalue weighted by Crippen LogP contribution is 2.48. The van der Waals surface area contributed by atoms with Crippen molar-refractivity contribution < 1.29 is 14.2 Å². The third-order valence-corrected chi connectivity index (χ3v) is 6.29. The zero-order valence-electron chi connectivity index (χ0n) is 17.6. The molecule has 0 N–H and O–H groups in total. The Balaban J connectivity index is 1.40. The van der Waals surface area contributed by atoms with Crippen molar-refractivity contribution in [1.82, 2.24) is 5.01 Å². The summed E-state index contributed by atoms with van der Waals surface area (Å²) in [6.07, 6.45) is 0.563. The maximum absolute atomic E-state index is 6.46. The van der Waals surface area contributed by atoms with E-state index in [2.05, 4.69) is 67.4 Å². The van der Waals surface area contributed by atoms with Gasteiger partial charge in [-0.3, -0.25) is 0 Å². The van der Waals surface area contributed by atoms with Crippen LogP contribution in [0.25, 0.3) is 0 Å². The van der Waals surface area contributed by atoms with Gasteiger partial charge in [0.15, 0.2) is 11.5 Å². The van der Waals surface area contributed by atoms with Crippen molar-refractivity contribution in [2.75, 3.05) is 6.79 Å². The van der Waals surface area contributed by atoms with Gasteiger partial charge < -0.3 is 14.2 Å². The number of hydrogen-bond acceptors (Lipinski definition) is 5. The molecule has 0 aromatic heterocycles. The lowest BCUT2D eigenvalue weighted by molar-refractivity contribution is -0.0190. The van der Waals surface area contributed by atoms with Gasteiger partial charge in [-0.2, -0.15) is 5.10 Å². The van der Waals surface area contributed by atoms with Crippen molar-refractivity contribution in [2.45, 2.75) is 38.5 Å². The van der Waals surface area contributed by atoms with Crippen LogP contribution >= 0.6 is 0 Å². The first-order valence-corrected chi connectivity index (χ1v) is 10.8. The first kappa shape index (κ1) is 18.3. The number of para-hydroxylation sites is 1. The van der Waals surface area contributed by atoms with Gasteiger partial charge in [0.25, 0.3) is 0 Å². The number of ether oxygens (including phenoxy) is 3. The topological polar surface area (TPSA) is 43.3 Å². The predicted octanol–water partition coefficient (Wildman–Crippen LogP) is 5.78. The average molecular weight is 412 g/mol. The molecule has 3 aromatic carbocycles. The normalized spacial score (nSPS) is 20.9. The molecule has 0 fully saturated rings. The van der Waals surface area contributed by atoms with Crippen LogP contribution < -0.4 is 14.2 Å². The highest BCUT2D eigenvalue weighted by atomic mass is 16.7. The second-order valence-corrected chi connectivity index (χ2v) is 8.54. The average Bonchev–Trinajstić information content (AvgIpc) is 3.45. The first-order chi connectivity index (χ1) is 15.2. The van der Waals surface area contributed by atoms with Gasteiger partial charge in [-0.1, -0.05) is 56.3 Å². The smallest absolute Gasteiger partial charge is 0.231 e.